The van der Waals surface area contributed by atoms with Crippen molar-refractivity contribution in [3.8, 4) is 0 Å². The number of nitrogens with one attached hydrogen (secondary N) is 1. The first kappa shape index (κ1) is 22.6. The minimum Gasteiger partial charge on any atom is -0.342 e. The highest BCUT2D eigenvalue weighted by atomic mass is 35.5. The zero-order valence-electron chi connectivity index (χ0n) is 17.1. The van der Waals surface area contributed by atoms with E-state index in [-0.39, 0.29) is 27.3 Å². The number of benzene rings is 2. The van der Waals surface area contributed by atoms with Crippen molar-refractivity contribution in [2.75, 3.05) is 17.8 Å². The lowest BCUT2D eigenvalue weighted by Crippen LogP contribution is -2.39. The highest BCUT2D eigenvalue weighted by Crippen LogP contribution is 2.26. The minimum absolute atomic E-state index is 0.0187. The molecule has 0 spiro atoms. The van der Waals surface area contributed by atoms with Gasteiger partial charge in [-0.1, -0.05) is 35.3 Å². The number of aromatic nitrogens is 2. The lowest BCUT2D eigenvalue weighted by Gasteiger charge is -2.32. The van der Waals surface area contributed by atoms with Crippen LogP contribution in [0, 0.1) is 0 Å². The summed E-state index contributed by atoms with van der Waals surface area (Å²) in [7, 11) is -3.80. The van der Waals surface area contributed by atoms with Crippen LogP contribution in [0.4, 0.5) is 5.69 Å². The van der Waals surface area contributed by atoms with Gasteiger partial charge in [0.15, 0.2) is 0 Å². The van der Waals surface area contributed by atoms with Crippen LogP contribution in [0.25, 0.3) is 0 Å². The molecule has 2 aromatic carbocycles. The van der Waals surface area contributed by atoms with Crippen molar-refractivity contribution >= 4 is 44.8 Å². The third kappa shape index (κ3) is 5.26. The number of carbonyl (C=O) groups is 1. The number of amides is 1. The van der Waals surface area contributed by atoms with Crippen LogP contribution in [0.1, 0.15) is 24.4 Å². The molecule has 168 valence electrons. The van der Waals surface area contributed by atoms with Gasteiger partial charge in [-0.25, -0.2) is 13.4 Å². The summed E-state index contributed by atoms with van der Waals surface area (Å²) in [6.45, 7) is 1.42. The largest absolute Gasteiger partial charge is 0.342 e. The first-order valence-corrected chi connectivity index (χ1v) is 12.4. The van der Waals surface area contributed by atoms with Crippen LogP contribution in [-0.2, 0) is 21.2 Å². The van der Waals surface area contributed by atoms with E-state index in [4.69, 9.17) is 23.2 Å². The van der Waals surface area contributed by atoms with E-state index in [1.807, 2.05) is 17.4 Å². The number of hydrogen-bond donors (Lipinski definition) is 1. The molecular weight excluding hydrogens is 471 g/mol. The van der Waals surface area contributed by atoms with Gasteiger partial charge in [0.05, 0.1) is 27.7 Å². The second-order valence-corrected chi connectivity index (χ2v) is 10.2. The molecule has 2 heterocycles. The third-order valence-electron chi connectivity index (χ3n) is 5.53. The highest BCUT2D eigenvalue weighted by molar-refractivity contribution is 7.92. The van der Waals surface area contributed by atoms with E-state index in [0.29, 0.717) is 24.8 Å². The molecule has 0 radical (unpaired) electrons. The van der Waals surface area contributed by atoms with Crippen molar-refractivity contribution in [3.05, 3.63) is 76.8 Å². The molecule has 0 bridgehead atoms. The second kappa shape index (κ2) is 9.52. The van der Waals surface area contributed by atoms with E-state index < -0.39 is 10.0 Å². The van der Waals surface area contributed by atoms with Gasteiger partial charge in [0.25, 0.3) is 10.0 Å². The Bertz CT molecular complexity index is 1190. The number of halogens is 2. The quantitative estimate of drug-likeness (QED) is 0.552. The summed E-state index contributed by atoms with van der Waals surface area (Å²) in [5.41, 5.74) is 1.22. The summed E-state index contributed by atoms with van der Waals surface area (Å²) in [4.78, 5) is 18.7. The van der Waals surface area contributed by atoms with E-state index in [1.165, 1.54) is 18.2 Å². The van der Waals surface area contributed by atoms with Crippen molar-refractivity contribution < 1.29 is 13.2 Å². The predicted molar refractivity (Wildman–Crippen MR) is 124 cm³/mol. The summed E-state index contributed by atoms with van der Waals surface area (Å²) < 4.78 is 29.7. The van der Waals surface area contributed by atoms with Gasteiger partial charge in [-0.05, 0) is 48.7 Å². The van der Waals surface area contributed by atoms with E-state index in [9.17, 15) is 13.2 Å². The molecule has 0 atom stereocenters. The Morgan fingerprint density at radius 1 is 1.06 bits per heavy atom. The van der Waals surface area contributed by atoms with Crippen LogP contribution in [0.3, 0.4) is 0 Å². The first-order valence-electron chi connectivity index (χ1n) is 10.1. The van der Waals surface area contributed by atoms with Gasteiger partial charge in [-0.15, -0.1) is 0 Å². The molecule has 7 nitrogen and oxygen atoms in total. The van der Waals surface area contributed by atoms with Gasteiger partial charge in [0.1, 0.15) is 0 Å². The molecule has 1 fully saturated rings. The fourth-order valence-electron chi connectivity index (χ4n) is 3.73. The number of imidazole rings is 1. The Labute approximate surface area is 197 Å². The van der Waals surface area contributed by atoms with Crippen LogP contribution in [0.5, 0.6) is 0 Å². The normalized spacial score (nSPS) is 15.0. The van der Waals surface area contributed by atoms with Crippen molar-refractivity contribution in [1.82, 2.24) is 14.5 Å². The maximum Gasteiger partial charge on any atom is 0.261 e. The van der Waals surface area contributed by atoms with Crippen LogP contribution < -0.4 is 4.72 Å². The van der Waals surface area contributed by atoms with Crippen LogP contribution in [0.2, 0.25) is 10.0 Å². The number of carbonyl (C=O) groups excluding carboxylic acids is 1. The van der Waals surface area contributed by atoms with Crippen LogP contribution in [0.15, 0.2) is 66.1 Å². The predicted octanol–water partition coefficient (Wildman–Crippen LogP) is 4.40. The molecule has 1 saturated heterocycles. The molecular formula is C22H22Cl2N4O3S. The monoisotopic (exact) mass is 492 g/mol. The van der Waals surface area contributed by atoms with Crippen molar-refractivity contribution in [2.24, 2.45) is 0 Å². The third-order valence-corrected chi connectivity index (χ3v) is 7.64. The van der Waals surface area contributed by atoms with Crippen molar-refractivity contribution in [1.29, 1.82) is 0 Å². The standard InChI is InChI=1S/C22H22Cl2N4O3S/c23-20-6-5-19(14-21(20)24)32(30,31)26-17-3-1-16(2-4-17)13-22(29)27-10-7-18(8-11-27)28-12-9-25-15-28/h1-6,9,12,14-15,18,26H,7-8,10-11,13H2. The second-order valence-electron chi connectivity index (χ2n) is 7.68. The molecule has 3 aromatic rings. The SMILES string of the molecule is O=C(Cc1ccc(NS(=O)(=O)c2ccc(Cl)c(Cl)c2)cc1)N1CCC(n2ccnc2)CC1. The van der Waals surface area contributed by atoms with Gasteiger partial charge < -0.3 is 9.47 Å². The molecule has 0 aliphatic carbocycles. The van der Waals surface area contributed by atoms with Gasteiger partial charge in [0.2, 0.25) is 5.91 Å². The Hall–Kier alpha value is -2.55. The minimum atomic E-state index is -3.80. The number of sulfonamides is 1. The molecule has 0 unspecified atom stereocenters. The van der Waals surface area contributed by atoms with E-state index in [1.54, 1.807) is 30.5 Å². The first-order chi connectivity index (χ1) is 15.3. The molecule has 1 aromatic heterocycles. The summed E-state index contributed by atoms with van der Waals surface area (Å²) in [6, 6.07) is 11.3. The molecule has 1 aliphatic rings. The number of hydrogen-bond acceptors (Lipinski definition) is 4. The number of likely N-dealkylation sites (tertiary alicyclic amines) is 1. The Morgan fingerprint density at radius 2 is 1.78 bits per heavy atom. The zero-order chi connectivity index (χ0) is 22.7. The molecule has 10 heteroatoms. The molecule has 32 heavy (non-hydrogen) atoms. The summed E-state index contributed by atoms with van der Waals surface area (Å²) in [5, 5.41) is 0.447. The van der Waals surface area contributed by atoms with E-state index in [2.05, 4.69) is 14.3 Å². The number of nitrogens with zero attached hydrogens (tertiary/aromatic N) is 3. The summed E-state index contributed by atoms with van der Waals surface area (Å²) >= 11 is 11.8. The Morgan fingerprint density at radius 3 is 2.41 bits per heavy atom. The summed E-state index contributed by atoms with van der Waals surface area (Å²) in [6.07, 6.45) is 7.62. The van der Waals surface area contributed by atoms with E-state index >= 15 is 0 Å². The maximum absolute atomic E-state index is 12.7. The van der Waals surface area contributed by atoms with Crippen molar-refractivity contribution in [2.45, 2.75) is 30.2 Å². The lowest BCUT2D eigenvalue weighted by atomic mass is 10.0. The van der Waals surface area contributed by atoms with Gasteiger partial charge >= 0.3 is 0 Å². The number of anilines is 1. The average molecular weight is 493 g/mol. The molecule has 1 amide bonds. The average Bonchev–Trinajstić information content (AvgIpc) is 3.32. The molecule has 4 rings (SSSR count). The van der Waals surface area contributed by atoms with Gasteiger partial charge in [-0.2, -0.15) is 0 Å². The Balaban J connectivity index is 1.33. The van der Waals surface area contributed by atoms with E-state index in [0.717, 1.165) is 18.4 Å². The van der Waals surface area contributed by atoms with Gasteiger partial charge in [0, 0.05) is 37.2 Å². The highest BCUT2D eigenvalue weighted by Gasteiger charge is 2.23. The smallest absolute Gasteiger partial charge is 0.261 e. The van der Waals surface area contributed by atoms with Crippen molar-refractivity contribution in [3.63, 3.8) is 0 Å². The Kier molecular flexibility index (Phi) is 6.74. The topological polar surface area (TPSA) is 84.3 Å². The summed E-state index contributed by atoms with van der Waals surface area (Å²) in [5.74, 6) is 0.0678. The fourth-order valence-corrected chi connectivity index (χ4v) is 5.18. The maximum atomic E-state index is 12.7. The van der Waals surface area contributed by atoms with Crippen LogP contribution in [-0.4, -0.2) is 41.9 Å². The number of piperidine rings is 1. The van der Waals surface area contributed by atoms with Gasteiger partial charge in [-0.3, -0.25) is 9.52 Å². The van der Waals surface area contributed by atoms with Crippen LogP contribution >= 0.6 is 23.2 Å². The zero-order valence-corrected chi connectivity index (χ0v) is 19.4. The number of rotatable bonds is 6. The molecule has 1 N–H and O–H groups in total. The lowest BCUT2D eigenvalue weighted by molar-refractivity contribution is -0.131. The fraction of sp³-hybridized carbons (Fsp3) is 0.273. The molecule has 0 saturated carbocycles. The molecule has 1 aliphatic heterocycles.